The summed E-state index contributed by atoms with van der Waals surface area (Å²) in [6.45, 7) is 6.38. The van der Waals surface area contributed by atoms with Crippen LogP contribution in [0.4, 0.5) is 13.6 Å². The van der Waals surface area contributed by atoms with Crippen molar-refractivity contribution < 1.29 is 18.3 Å². The summed E-state index contributed by atoms with van der Waals surface area (Å²) in [7, 11) is 0. The number of amides is 1. The third kappa shape index (κ3) is 3.10. The van der Waals surface area contributed by atoms with Crippen LogP contribution in [0.25, 0.3) is 0 Å². The van der Waals surface area contributed by atoms with E-state index in [1.807, 2.05) is 0 Å². The predicted molar refractivity (Wildman–Crippen MR) is 64.5 cm³/mol. The number of alkyl halides is 2. The van der Waals surface area contributed by atoms with Crippen molar-refractivity contribution in [2.24, 2.45) is 11.1 Å². The van der Waals surface area contributed by atoms with Crippen molar-refractivity contribution in [2.75, 3.05) is 19.6 Å². The standard InChI is InChI=1S/C12H22F2N2O2/c1-10(2,3)18-9(17)16-6-5-12(13,14)11(4,7-15)8-16/h5-8,15H2,1-4H3. The van der Waals surface area contributed by atoms with Gasteiger partial charge in [0, 0.05) is 26.1 Å². The molecule has 4 nitrogen and oxygen atoms in total. The highest BCUT2D eigenvalue weighted by Crippen LogP contribution is 2.42. The molecule has 1 heterocycles. The lowest BCUT2D eigenvalue weighted by Crippen LogP contribution is -2.59. The highest BCUT2D eigenvalue weighted by molar-refractivity contribution is 5.68. The van der Waals surface area contributed by atoms with E-state index >= 15 is 0 Å². The molecule has 1 saturated heterocycles. The molecule has 1 fully saturated rings. The van der Waals surface area contributed by atoms with E-state index in [1.165, 1.54) is 11.8 Å². The van der Waals surface area contributed by atoms with E-state index in [0.717, 1.165) is 0 Å². The quantitative estimate of drug-likeness (QED) is 0.790. The maximum atomic E-state index is 13.8. The number of hydrogen-bond acceptors (Lipinski definition) is 3. The summed E-state index contributed by atoms with van der Waals surface area (Å²) in [5, 5.41) is 0. The summed E-state index contributed by atoms with van der Waals surface area (Å²) in [5.41, 5.74) is 3.43. The van der Waals surface area contributed by atoms with Crippen LogP contribution in [-0.4, -0.2) is 42.2 Å². The second-order valence-corrected chi connectivity index (χ2v) is 6.12. The van der Waals surface area contributed by atoms with Gasteiger partial charge in [-0.05, 0) is 20.8 Å². The summed E-state index contributed by atoms with van der Waals surface area (Å²) < 4.78 is 32.7. The molecule has 1 aliphatic rings. The number of nitrogens with zero attached hydrogens (tertiary/aromatic N) is 1. The fourth-order valence-corrected chi connectivity index (χ4v) is 1.89. The Bertz CT molecular complexity index is 329. The number of likely N-dealkylation sites (tertiary alicyclic amines) is 1. The fourth-order valence-electron chi connectivity index (χ4n) is 1.89. The number of hydrogen-bond donors (Lipinski definition) is 1. The molecule has 106 valence electrons. The maximum absolute atomic E-state index is 13.8. The van der Waals surface area contributed by atoms with Gasteiger partial charge in [-0.1, -0.05) is 6.92 Å². The SMILES string of the molecule is CC(C)(C)OC(=O)N1CCC(F)(F)C(C)(CN)C1. The van der Waals surface area contributed by atoms with Crippen LogP contribution in [0, 0.1) is 5.41 Å². The first-order valence-corrected chi connectivity index (χ1v) is 6.07. The van der Waals surface area contributed by atoms with Crippen molar-refractivity contribution in [3.63, 3.8) is 0 Å². The molecule has 0 aromatic heterocycles. The van der Waals surface area contributed by atoms with E-state index in [2.05, 4.69) is 0 Å². The van der Waals surface area contributed by atoms with Gasteiger partial charge in [0.1, 0.15) is 5.60 Å². The Kier molecular flexibility index (Phi) is 3.91. The summed E-state index contributed by atoms with van der Waals surface area (Å²) in [6, 6.07) is 0. The second-order valence-electron chi connectivity index (χ2n) is 6.12. The van der Waals surface area contributed by atoms with Crippen LogP contribution < -0.4 is 5.73 Å². The molecule has 1 unspecified atom stereocenters. The topological polar surface area (TPSA) is 55.6 Å². The Morgan fingerprint density at radius 2 is 2.00 bits per heavy atom. The Hall–Kier alpha value is -0.910. The molecule has 1 aliphatic heterocycles. The normalized spacial score (nSPS) is 28.1. The van der Waals surface area contributed by atoms with Crippen LogP contribution in [0.3, 0.4) is 0 Å². The second kappa shape index (κ2) is 4.64. The van der Waals surface area contributed by atoms with Crippen molar-refractivity contribution in [3.05, 3.63) is 0 Å². The number of carbonyl (C=O) groups excluding carboxylic acids is 1. The molecule has 1 atom stereocenters. The van der Waals surface area contributed by atoms with Gasteiger partial charge in [0.05, 0.1) is 5.41 Å². The van der Waals surface area contributed by atoms with Crippen LogP contribution >= 0.6 is 0 Å². The minimum absolute atomic E-state index is 0.00248. The molecule has 0 spiro atoms. The van der Waals surface area contributed by atoms with Crippen LogP contribution in [-0.2, 0) is 4.74 Å². The molecule has 0 saturated carbocycles. The van der Waals surface area contributed by atoms with Crippen molar-refractivity contribution in [3.8, 4) is 0 Å². The Morgan fingerprint density at radius 3 is 2.44 bits per heavy atom. The van der Waals surface area contributed by atoms with Gasteiger partial charge in [0.2, 0.25) is 0 Å². The minimum atomic E-state index is -2.85. The molecule has 0 aliphatic carbocycles. The first-order chi connectivity index (χ1) is 8.01. The van der Waals surface area contributed by atoms with Gasteiger partial charge >= 0.3 is 6.09 Å². The van der Waals surface area contributed by atoms with Gasteiger partial charge < -0.3 is 15.4 Å². The van der Waals surface area contributed by atoms with Gasteiger partial charge in [-0.2, -0.15) is 0 Å². The van der Waals surface area contributed by atoms with Crippen LogP contribution in [0.5, 0.6) is 0 Å². The van der Waals surface area contributed by atoms with Crippen LogP contribution in [0.1, 0.15) is 34.1 Å². The number of ether oxygens (including phenoxy) is 1. The molecule has 2 N–H and O–H groups in total. The molecule has 1 rings (SSSR count). The van der Waals surface area contributed by atoms with Crippen molar-refractivity contribution in [1.82, 2.24) is 4.90 Å². The lowest BCUT2D eigenvalue weighted by atomic mass is 9.78. The van der Waals surface area contributed by atoms with Gasteiger partial charge in [0.25, 0.3) is 5.92 Å². The van der Waals surface area contributed by atoms with Gasteiger partial charge in [-0.15, -0.1) is 0 Å². The van der Waals surface area contributed by atoms with E-state index in [9.17, 15) is 13.6 Å². The van der Waals surface area contributed by atoms with Crippen LogP contribution in [0.2, 0.25) is 0 Å². The van der Waals surface area contributed by atoms with Crippen LogP contribution in [0.15, 0.2) is 0 Å². The molecule has 0 aromatic carbocycles. The Morgan fingerprint density at radius 1 is 1.44 bits per heavy atom. The number of carbonyl (C=O) groups is 1. The highest BCUT2D eigenvalue weighted by Gasteiger charge is 2.53. The molecule has 0 aromatic rings. The molecular weight excluding hydrogens is 242 g/mol. The van der Waals surface area contributed by atoms with E-state index in [-0.39, 0.29) is 26.1 Å². The average molecular weight is 264 g/mol. The van der Waals surface area contributed by atoms with E-state index in [4.69, 9.17) is 10.5 Å². The molecular formula is C12H22F2N2O2. The molecule has 0 bridgehead atoms. The zero-order chi connectivity index (χ0) is 14.2. The monoisotopic (exact) mass is 264 g/mol. The highest BCUT2D eigenvalue weighted by atomic mass is 19.3. The van der Waals surface area contributed by atoms with E-state index < -0.39 is 23.0 Å². The summed E-state index contributed by atoms with van der Waals surface area (Å²) in [6.07, 6.45) is -0.933. The lowest BCUT2D eigenvalue weighted by molar-refractivity contribution is -0.151. The molecule has 18 heavy (non-hydrogen) atoms. The largest absolute Gasteiger partial charge is 0.444 e. The number of nitrogens with two attached hydrogens (primary N) is 1. The summed E-state index contributed by atoms with van der Waals surface area (Å²) >= 11 is 0. The minimum Gasteiger partial charge on any atom is -0.444 e. The Labute approximate surface area is 106 Å². The first kappa shape index (κ1) is 15.1. The fraction of sp³-hybridized carbons (Fsp3) is 0.917. The van der Waals surface area contributed by atoms with Crippen molar-refractivity contribution >= 4 is 6.09 Å². The zero-order valence-electron chi connectivity index (χ0n) is 11.4. The molecule has 1 amide bonds. The van der Waals surface area contributed by atoms with Crippen molar-refractivity contribution in [1.29, 1.82) is 0 Å². The van der Waals surface area contributed by atoms with Gasteiger partial charge in [0.15, 0.2) is 0 Å². The number of halogens is 2. The number of rotatable bonds is 1. The molecule has 0 radical (unpaired) electrons. The summed E-state index contributed by atoms with van der Waals surface area (Å²) in [5.74, 6) is -2.85. The zero-order valence-corrected chi connectivity index (χ0v) is 11.4. The summed E-state index contributed by atoms with van der Waals surface area (Å²) in [4.78, 5) is 13.2. The molecule has 6 heteroatoms. The average Bonchev–Trinajstić information content (AvgIpc) is 2.19. The van der Waals surface area contributed by atoms with E-state index in [1.54, 1.807) is 20.8 Å². The maximum Gasteiger partial charge on any atom is 0.410 e. The van der Waals surface area contributed by atoms with Gasteiger partial charge in [-0.3, -0.25) is 0 Å². The lowest BCUT2D eigenvalue weighted by Gasteiger charge is -2.45. The Balaban J connectivity index is 2.76. The number of piperidine rings is 1. The van der Waals surface area contributed by atoms with E-state index in [0.29, 0.717) is 0 Å². The smallest absolute Gasteiger partial charge is 0.410 e. The third-order valence-corrected chi connectivity index (χ3v) is 3.22. The van der Waals surface area contributed by atoms with Gasteiger partial charge in [-0.25, -0.2) is 13.6 Å². The first-order valence-electron chi connectivity index (χ1n) is 6.07. The van der Waals surface area contributed by atoms with Crippen molar-refractivity contribution in [2.45, 2.75) is 45.6 Å². The third-order valence-electron chi connectivity index (χ3n) is 3.22. The predicted octanol–water partition coefficient (Wildman–Crippen LogP) is 2.23.